The highest BCUT2D eigenvalue weighted by molar-refractivity contribution is 5.87. The van der Waals surface area contributed by atoms with E-state index in [9.17, 15) is 4.79 Å². The van der Waals surface area contributed by atoms with Crippen LogP contribution < -0.4 is 5.32 Å². The second kappa shape index (κ2) is 6.68. The molecule has 0 bridgehead atoms. The molecule has 1 aliphatic heterocycles. The normalized spacial score (nSPS) is 49.6. The minimum atomic E-state index is -0.0465. The molecular weight excluding hydrogens is 348 g/mol. The van der Waals surface area contributed by atoms with E-state index in [1.54, 1.807) is 0 Å². The van der Waals surface area contributed by atoms with Crippen LogP contribution in [-0.2, 0) is 9.63 Å². The number of rotatable bonds is 2. The van der Waals surface area contributed by atoms with E-state index in [0.29, 0.717) is 29.0 Å². The average Bonchev–Trinajstić information content (AvgIpc) is 3.29. The van der Waals surface area contributed by atoms with E-state index < -0.39 is 0 Å². The van der Waals surface area contributed by atoms with Gasteiger partial charge in [-0.2, -0.15) is 0 Å². The van der Waals surface area contributed by atoms with Crippen LogP contribution in [0, 0.1) is 34.5 Å². The molecule has 7 atom stereocenters. The summed E-state index contributed by atoms with van der Waals surface area (Å²) >= 11 is 0. The first-order chi connectivity index (χ1) is 13.4. The molecule has 0 spiro atoms. The van der Waals surface area contributed by atoms with Crippen LogP contribution in [-0.4, -0.2) is 30.7 Å². The van der Waals surface area contributed by atoms with Gasteiger partial charge in [0.1, 0.15) is 11.9 Å². The summed E-state index contributed by atoms with van der Waals surface area (Å²) in [4.78, 5) is 18.5. The molecule has 1 unspecified atom stereocenters. The number of fused-ring (bicyclic) bond motifs is 5. The van der Waals surface area contributed by atoms with Gasteiger partial charge in [0, 0.05) is 24.8 Å². The molecule has 4 nitrogen and oxygen atoms in total. The monoisotopic (exact) mass is 384 g/mol. The molecule has 4 heteroatoms. The van der Waals surface area contributed by atoms with Crippen LogP contribution in [0.2, 0.25) is 0 Å². The zero-order chi connectivity index (χ0) is 19.5. The van der Waals surface area contributed by atoms with Gasteiger partial charge in [-0.3, -0.25) is 4.79 Å². The van der Waals surface area contributed by atoms with E-state index in [0.717, 1.165) is 64.0 Å². The number of hydrogen-bond acceptors (Lipinski definition) is 4. The summed E-state index contributed by atoms with van der Waals surface area (Å²) in [6, 6.07) is 0. The van der Waals surface area contributed by atoms with Gasteiger partial charge in [-0.25, -0.2) is 0 Å². The van der Waals surface area contributed by atoms with Gasteiger partial charge in [0.2, 0.25) is 0 Å². The van der Waals surface area contributed by atoms with E-state index in [2.05, 4.69) is 30.9 Å². The first-order valence-corrected chi connectivity index (χ1v) is 11.5. The highest BCUT2D eigenvalue weighted by atomic mass is 16.6. The van der Waals surface area contributed by atoms with Crippen LogP contribution >= 0.6 is 0 Å². The zero-order valence-electron chi connectivity index (χ0n) is 17.6. The van der Waals surface area contributed by atoms with Gasteiger partial charge >= 0.3 is 0 Å². The lowest BCUT2D eigenvalue weighted by Gasteiger charge is -2.60. The van der Waals surface area contributed by atoms with Gasteiger partial charge in [0.25, 0.3) is 0 Å². The van der Waals surface area contributed by atoms with Crippen molar-refractivity contribution in [3.63, 3.8) is 0 Å². The zero-order valence-corrected chi connectivity index (χ0v) is 17.6. The number of oxime groups is 1. The number of hydrogen-bond donors (Lipinski definition) is 1. The molecule has 1 heterocycles. The minimum absolute atomic E-state index is 0.0465. The van der Waals surface area contributed by atoms with E-state index >= 15 is 0 Å². The second-order valence-corrected chi connectivity index (χ2v) is 10.8. The van der Waals surface area contributed by atoms with E-state index in [1.165, 1.54) is 24.1 Å². The van der Waals surface area contributed by atoms with Crippen molar-refractivity contribution < 1.29 is 9.63 Å². The molecule has 1 saturated heterocycles. The molecular formula is C24H36N2O2. The third kappa shape index (κ3) is 2.74. The van der Waals surface area contributed by atoms with Crippen molar-refractivity contribution in [1.82, 2.24) is 5.32 Å². The Morgan fingerprint density at radius 1 is 1.11 bits per heavy atom. The molecule has 0 aromatic rings. The predicted octanol–water partition coefficient (Wildman–Crippen LogP) is 4.50. The molecule has 0 aromatic heterocycles. The summed E-state index contributed by atoms with van der Waals surface area (Å²) in [7, 11) is 0. The summed E-state index contributed by atoms with van der Waals surface area (Å²) in [5, 5.41) is 7.93. The summed E-state index contributed by atoms with van der Waals surface area (Å²) in [5.41, 5.74) is 2.93. The fourth-order valence-corrected chi connectivity index (χ4v) is 7.77. The quantitative estimate of drug-likeness (QED) is 0.563. The third-order valence-electron chi connectivity index (χ3n) is 9.52. The number of carbonyl (C=O) groups excluding carboxylic acids is 1. The maximum absolute atomic E-state index is 12.6. The van der Waals surface area contributed by atoms with Gasteiger partial charge in [-0.1, -0.05) is 31.2 Å². The van der Waals surface area contributed by atoms with E-state index in [4.69, 9.17) is 4.84 Å². The molecule has 4 aliphatic carbocycles. The van der Waals surface area contributed by atoms with E-state index in [1.807, 2.05) is 0 Å². The van der Waals surface area contributed by atoms with Gasteiger partial charge < -0.3 is 10.2 Å². The fraction of sp³-hybridized carbons (Fsp3) is 0.833. The second-order valence-electron chi connectivity index (χ2n) is 10.8. The fourth-order valence-electron chi connectivity index (χ4n) is 7.77. The number of nitrogens with one attached hydrogen (secondary N) is 1. The summed E-state index contributed by atoms with van der Waals surface area (Å²) in [6.07, 6.45) is 9.96. The smallest absolute Gasteiger partial charge is 0.141 e. The number of carbonyl (C=O) groups is 1. The van der Waals surface area contributed by atoms with Crippen molar-refractivity contribution in [2.45, 2.75) is 77.7 Å². The van der Waals surface area contributed by atoms with Crippen LogP contribution in [0.1, 0.15) is 71.6 Å². The largest absolute Gasteiger partial charge is 0.391 e. The lowest BCUT2D eigenvalue weighted by atomic mass is 9.44. The van der Waals surface area contributed by atoms with Gasteiger partial charge in [0.05, 0.1) is 5.71 Å². The number of ketones is 1. The van der Waals surface area contributed by atoms with Crippen molar-refractivity contribution in [2.24, 2.45) is 39.7 Å². The van der Waals surface area contributed by atoms with Crippen LogP contribution in [0.15, 0.2) is 17.3 Å². The Kier molecular flexibility index (Phi) is 4.50. The van der Waals surface area contributed by atoms with Crippen molar-refractivity contribution in [1.29, 1.82) is 0 Å². The summed E-state index contributed by atoms with van der Waals surface area (Å²) in [6.45, 7) is 11.3. The molecule has 28 heavy (non-hydrogen) atoms. The Bertz CT molecular complexity index is 709. The van der Waals surface area contributed by atoms with Crippen LogP contribution in [0.25, 0.3) is 0 Å². The first-order valence-electron chi connectivity index (χ1n) is 11.5. The summed E-state index contributed by atoms with van der Waals surface area (Å²) < 4.78 is 0. The third-order valence-corrected chi connectivity index (χ3v) is 9.52. The Balaban J connectivity index is 1.35. The Morgan fingerprint density at radius 2 is 1.96 bits per heavy atom. The summed E-state index contributed by atoms with van der Waals surface area (Å²) in [5.74, 6) is 3.06. The predicted molar refractivity (Wildman–Crippen MR) is 111 cm³/mol. The minimum Gasteiger partial charge on any atom is -0.391 e. The number of allylic oxidation sites excluding steroid dienone is 1. The SMILES string of the molecule is C=C1C[C@@H]2[C@H](CC[C@]3(C)C(=O)CC[C@@H]23)[C@@]2(C)CC/C(=N/O[C@H]3CCNC3)CC12. The molecule has 0 radical (unpaired) electrons. The van der Waals surface area contributed by atoms with Crippen molar-refractivity contribution in [2.75, 3.05) is 13.1 Å². The van der Waals surface area contributed by atoms with Crippen molar-refractivity contribution in [3.05, 3.63) is 12.2 Å². The first kappa shape index (κ1) is 18.8. The molecule has 154 valence electrons. The standard InChI is InChI=1S/C24H36N2O2/c1-15-12-18-19-4-5-22(27)24(19,3)10-7-20(18)23(2)9-6-16(13-21(15)23)26-28-17-8-11-25-14-17/h17-21,25H,1,4-14H2,2-3H3/b26-16-/t17-,18-,19-,20-,21?,23+,24-/m0/s1. The van der Waals surface area contributed by atoms with Gasteiger partial charge in [0.15, 0.2) is 0 Å². The highest BCUT2D eigenvalue weighted by Crippen LogP contribution is 2.66. The molecule has 5 rings (SSSR count). The molecule has 5 fully saturated rings. The lowest BCUT2D eigenvalue weighted by Crippen LogP contribution is -2.54. The number of nitrogens with zero attached hydrogens (tertiary/aromatic N) is 1. The molecule has 5 aliphatic rings. The Morgan fingerprint density at radius 3 is 2.75 bits per heavy atom. The lowest BCUT2D eigenvalue weighted by molar-refractivity contribution is -0.134. The molecule has 0 aromatic carbocycles. The number of Topliss-reactive ketones (excluding diaryl/α,β-unsaturated/α-hetero) is 1. The average molecular weight is 385 g/mol. The van der Waals surface area contributed by atoms with Crippen molar-refractivity contribution >= 4 is 11.5 Å². The van der Waals surface area contributed by atoms with E-state index in [-0.39, 0.29) is 11.5 Å². The van der Waals surface area contributed by atoms with Gasteiger partial charge in [-0.05, 0) is 80.6 Å². The maximum Gasteiger partial charge on any atom is 0.141 e. The van der Waals surface area contributed by atoms with Crippen LogP contribution in [0.5, 0.6) is 0 Å². The van der Waals surface area contributed by atoms with Gasteiger partial charge in [-0.15, -0.1) is 0 Å². The molecule has 1 N–H and O–H groups in total. The highest BCUT2D eigenvalue weighted by Gasteiger charge is 2.60. The molecule has 0 amide bonds. The van der Waals surface area contributed by atoms with Crippen molar-refractivity contribution in [3.8, 4) is 0 Å². The maximum atomic E-state index is 12.6. The molecule has 4 saturated carbocycles. The topological polar surface area (TPSA) is 50.7 Å². The Hall–Kier alpha value is -1.16. The Labute approximate surface area is 169 Å². The van der Waals surface area contributed by atoms with Crippen LogP contribution in [0.4, 0.5) is 0 Å². The van der Waals surface area contributed by atoms with Crippen LogP contribution in [0.3, 0.4) is 0 Å².